The maximum Gasteiger partial charge on any atom is 0.335 e. The zero-order valence-corrected chi connectivity index (χ0v) is 12.8. The molecule has 1 aromatic rings. The first kappa shape index (κ1) is 16.1. The predicted molar refractivity (Wildman–Crippen MR) is 78.3 cm³/mol. The Balaban J connectivity index is 2.48. The van der Waals surface area contributed by atoms with Gasteiger partial charge in [-0.3, -0.25) is 0 Å². The van der Waals surface area contributed by atoms with Crippen LogP contribution in [0.15, 0.2) is 22.7 Å². The van der Waals surface area contributed by atoms with Gasteiger partial charge >= 0.3 is 5.97 Å². The summed E-state index contributed by atoms with van der Waals surface area (Å²) in [5, 5.41) is 21.8. The number of aliphatic hydroxyl groups excluding tert-OH is 1. The number of rotatable bonds is 7. The summed E-state index contributed by atoms with van der Waals surface area (Å²) < 4.78 is 0.762. The largest absolute Gasteiger partial charge is 0.478 e. The van der Waals surface area contributed by atoms with Crippen molar-refractivity contribution in [2.45, 2.75) is 32.9 Å². The van der Waals surface area contributed by atoms with Gasteiger partial charge in [0.05, 0.1) is 11.7 Å². The number of carboxylic acids is 1. The van der Waals surface area contributed by atoms with Crippen molar-refractivity contribution in [3.05, 3.63) is 33.8 Å². The van der Waals surface area contributed by atoms with Gasteiger partial charge in [-0.2, -0.15) is 0 Å². The molecule has 0 saturated carbocycles. The maximum absolute atomic E-state index is 10.8. The molecule has 0 heterocycles. The van der Waals surface area contributed by atoms with Crippen LogP contribution in [0.2, 0.25) is 0 Å². The smallest absolute Gasteiger partial charge is 0.335 e. The van der Waals surface area contributed by atoms with Crippen molar-refractivity contribution in [2.24, 2.45) is 5.92 Å². The lowest BCUT2D eigenvalue weighted by Gasteiger charge is -2.14. The van der Waals surface area contributed by atoms with Crippen molar-refractivity contribution >= 4 is 21.9 Å². The van der Waals surface area contributed by atoms with Crippen LogP contribution >= 0.6 is 15.9 Å². The van der Waals surface area contributed by atoms with E-state index in [1.807, 2.05) is 0 Å². The molecule has 4 nitrogen and oxygen atoms in total. The van der Waals surface area contributed by atoms with E-state index in [-0.39, 0.29) is 11.7 Å². The Morgan fingerprint density at radius 3 is 2.63 bits per heavy atom. The second-order valence-corrected chi connectivity index (χ2v) is 5.88. The van der Waals surface area contributed by atoms with Gasteiger partial charge in [0.2, 0.25) is 0 Å². The third-order valence-corrected chi connectivity index (χ3v) is 3.48. The summed E-state index contributed by atoms with van der Waals surface area (Å²) in [5.41, 5.74) is 1.23. The van der Waals surface area contributed by atoms with E-state index in [2.05, 4.69) is 35.1 Å². The molecule has 0 radical (unpaired) electrons. The maximum atomic E-state index is 10.8. The molecule has 0 amide bonds. The third kappa shape index (κ3) is 5.72. The highest BCUT2D eigenvalue weighted by Gasteiger charge is 2.09. The van der Waals surface area contributed by atoms with E-state index in [4.69, 9.17) is 5.11 Å². The van der Waals surface area contributed by atoms with Crippen LogP contribution in [-0.2, 0) is 6.54 Å². The highest BCUT2D eigenvalue weighted by atomic mass is 79.9. The van der Waals surface area contributed by atoms with Gasteiger partial charge in [-0.25, -0.2) is 4.79 Å². The van der Waals surface area contributed by atoms with Crippen molar-refractivity contribution in [2.75, 3.05) is 6.54 Å². The van der Waals surface area contributed by atoms with Crippen molar-refractivity contribution in [1.29, 1.82) is 0 Å². The van der Waals surface area contributed by atoms with Gasteiger partial charge in [-0.05, 0) is 30.0 Å². The third-order valence-electron chi connectivity index (χ3n) is 2.74. The van der Waals surface area contributed by atoms with E-state index in [9.17, 15) is 9.90 Å². The fourth-order valence-corrected chi connectivity index (χ4v) is 2.34. The van der Waals surface area contributed by atoms with E-state index in [1.54, 1.807) is 18.2 Å². The van der Waals surface area contributed by atoms with Crippen LogP contribution in [0.4, 0.5) is 0 Å². The van der Waals surface area contributed by atoms with Crippen molar-refractivity contribution in [3.8, 4) is 0 Å². The second kappa shape index (κ2) is 7.62. The molecule has 0 aliphatic carbocycles. The molecule has 0 aliphatic heterocycles. The number of hydrogen-bond acceptors (Lipinski definition) is 3. The Morgan fingerprint density at radius 1 is 1.42 bits per heavy atom. The van der Waals surface area contributed by atoms with Gasteiger partial charge in [0.15, 0.2) is 0 Å². The van der Waals surface area contributed by atoms with Gasteiger partial charge in [0.25, 0.3) is 0 Å². The van der Waals surface area contributed by atoms with Crippen LogP contribution in [0.25, 0.3) is 0 Å². The van der Waals surface area contributed by atoms with E-state index < -0.39 is 5.97 Å². The zero-order chi connectivity index (χ0) is 14.4. The van der Waals surface area contributed by atoms with Gasteiger partial charge in [-0.1, -0.05) is 35.8 Å². The molecule has 1 rings (SSSR count). The summed E-state index contributed by atoms with van der Waals surface area (Å²) in [7, 11) is 0. The molecule has 5 heteroatoms. The monoisotopic (exact) mass is 329 g/mol. The van der Waals surface area contributed by atoms with Crippen LogP contribution in [0.3, 0.4) is 0 Å². The van der Waals surface area contributed by atoms with Gasteiger partial charge in [0.1, 0.15) is 0 Å². The Kier molecular flexibility index (Phi) is 6.48. The summed E-state index contributed by atoms with van der Waals surface area (Å²) in [6, 6.07) is 4.94. The first-order chi connectivity index (χ1) is 8.90. The van der Waals surface area contributed by atoms with Crippen LogP contribution < -0.4 is 5.32 Å². The molecule has 0 fully saturated rings. The Hall–Kier alpha value is -0.910. The van der Waals surface area contributed by atoms with Crippen LogP contribution in [0.1, 0.15) is 36.2 Å². The lowest BCUT2D eigenvalue weighted by Crippen LogP contribution is -2.27. The first-order valence-corrected chi connectivity index (χ1v) is 7.10. The minimum absolute atomic E-state index is 0.260. The molecular weight excluding hydrogens is 310 g/mol. The van der Waals surface area contributed by atoms with E-state index in [0.717, 1.165) is 16.5 Å². The average Bonchev–Trinajstić information content (AvgIpc) is 2.29. The molecule has 19 heavy (non-hydrogen) atoms. The number of benzene rings is 1. The minimum Gasteiger partial charge on any atom is -0.478 e. The molecule has 0 bridgehead atoms. The number of aromatic carboxylic acids is 1. The normalized spacial score (nSPS) is 12.7. The Morgan fingerprint density at radius 2 is 2.11 bits per heavy atom. The molecule has 0 spiro atoms. The van der Waals surface area contributed by atoms with Crippen LogP contribution in [-0.4, -0.2) is 28.8 Å². The summed E-state index contributed by atoms with van der Waals surface area (Å²) in [4.78, 5) is 10.8. The first-order valence-electron chi connectivity index (χ1n) is 6.30. The topological polar surface area (TPSA) is 69.6 Å². The van der Waals surface area contributed by atoms with E-state index in [1.165, 1.54) is 0 Å². The molecule has 1 atom stereocenters. The lowest BCUT2D eigenvalue weighted by molar-refractivity contribution is 0.0697. The number of halogens is 1. The molecule has 0 aliphatic rings. The highest BCUT2D eigenvalue weighted by molar-refractivity contribution is 9.10. The zero-order valence-electron chi connectivity index (χ0n) is 11.2. The molecule has 0 saturated heterocycles. The van der Waals surface area contributed by atoms with E-state index in [0.29, 0.717) is 19.0 Å². The highest BCUT2D eigenvalue weighted by Crippen LogP contribution is 2.18. The quantitative estimate of drug-likeness (QED) is 0.719. The number of hydrogen-bond donors (Lipinski definition) is 3. The minimum atomic E-state index is -0.937. The number of carboxylic acid groups (broad SMARTS) is 1. The van der Waals surface area contributed by atoms with E-state index >= 15 is 0 Å². The van der Waals surface area contributed by atoms with Gasteiger partial charge in [-0.15, -0.1) is 0 Å². The molecule has 106 valence electrons. The molecule has 1 unspecified atom stereocenters. The van der Waals surface area contributed by atoms with Crippen LogP contribution in [0, 0.1) is 5.92 Å². The summed E-state index contributed by atoms with van der Waals surface area (Å²) in [6.07, 6.45) is 0.420. The number of carbonyl (C=O) groups is 1. The van der Waals surface area contributed by atoms with Crippen LogP contribution in [0.5, 0.6) is 0 Å². The van der Waals surface area contributed by atoms with Crippen molar-refractivity contribution in [1.82, 2.24) is 5.32 Å². The summed E-state index contributed by atoms with van der Waals surface area (Å²) >= 11 is 3.36. The fourth-order valence-electron chi connectivity index (χ4n) is 1.82. The molecule has 0 aromatic heterocycles. The molecular formula is C14H20BrNO3. The number of nitrogens with one attached hydrogen (secondary N) is 1. The van der Waals surface area contributed by atoms with Crippen molar-refractivity contribution < 1.29 is 15.0 Å². The van der Waals surface area contributed by atoms with Gasteiger partial charge in [0, 0.05) is 17.6 Å². The second-order valence-electron chi connectivity index (χ2n) is 5.03. The van der Waals surface area contributed by atoms with Gasteiger partial charge < -0.3 is 15.5 Å². The fraction of sp³-hybridized carbons (Fsp3) is 0.500. The van der Waals surface area contributed by atoms with Crippen molar-refractivity contribution in [3.63, 3.8) is 0 Å². The molecule has 1 aromatic carbocycles. The molecule has 3 N–H and O–H groups in total. The SMILES string of the molecule is CC(C)CC(O)CNCc1ccc(C(=O)O)cc1Br. The summed E-state index contributed by atoms with van der Waals surface area (Å²) in [6.45, 7) is 5.27. The summed E-state index contributed by atoms with van der Waals surface area (Å²) in [5.74, 6) is -0.467. The number of aliphatic hydroxyl groups is 1. The average molecular weight is 330 g/mol. The standard InChI is InChI=1S/C14H20BrNO3/c1-9(2)5-12(17)8-16-7-11-4-3-10(14(18)19)6-13(11)15/h3-4,6,9,12,16-17H,5,7-8H2,1-2H3,(H,18,19). The Labute approximate surface area is 122 Å². The Bertz CT molecular complexity index is 435. The predicted octanol–water partition coefficient (Wildman–Crippen LogP) is 2.64. The lowest BCUT2D eigenvalue weighted by atomic mass is 10.1.